The van der Waals surface area contributed by atoms with E-state index in [4.69, 9.17) is 40.5 Å². The number of halogens is 9. The summed E-state index contributed by atoms with van der Waals surface area (Å²) in [7, 11) is 0. The third-order valence-corrected chi connectivity index (χ3v) is 7.35. The first-order valence-electron chi connectivity index (χ1n) is 12.4. The second-order valence-electron chi connectivity index (χ2n) is 10.7. The van der Waals surface area contributed by atoms with Gasteiger partial charge in [0.1, 0.15) is 0 Å². The molecule has 0 aliphatic rings. The Kier molecular flexibility index (Phi) is 11.2. The number of benzene rings is 2. The highest BCUT2D eigenvalue weighted by Gasteiger charge is 2.41. The molecule has 2 aromatic rings. The first kappa shape index (κ1) is 34.8. The summed E-state index contributed by atoms with van der Waals surface area (Å²) < 4.78 is 85.1. The van der Waals surface area contributed by atoms with Gasteiger partial charge in [0.15, 0.2) is 0 Å². The number of alkyl halides is 6. The molecule has 0 radical (unpaired) electrons. The van der Waals surface area contributed by atoms with E-state index in [2.05, 4.69) is 5.32 Å². The third-order valence-electron chi connectivity index (χ3n) is 6.16. The van der Waals surface area contributed by atoms with E-state index < -0.39 is 58.4 Å². The van der Waals surface area contributed by atoms with Gasteiger partial charge in [-0.25, -0.2) is 0 Å². The zero-order valence-electron chi connectivity index (χ0n) is 22.5. The van der Waals surface area contributed by atoms with Crippen LogP contribution >= 0.6 is 34.8 Å². The molecule has 0 aromatic heterocycles. The third kappa shape index (κ3) is 9.54. The summed E-state index contributed by atoms with van der Waals surface area (Å²) in [6.07, 6.45) is -7.41. The summed E-state index contributed by atoms with van der Waals surface area (Å²) in [5, 5.41) is 1.83. The normalized spacial score (nSPS) is 14.3. The van der Waals surface area contributed by atoms with Crippen molar-refractivity contribution in [2.45, 2.75) is 71.3 Å². The molecular formula is C28H29Cl3F6N2O2. The van der Waals surface area contributed by atoms with Gasteiger partial charge >= 0.3 is 12.4 Å². The summed E-state index contributed by atoms with van der Waals surface area (Å²) in [5.41, 5.74) is 1.47. The lowest BCUT2D eigenvalue weighted by molar-refractivity contribution is -0.140. The highest BCUT2D eigenvalue weighted by atomic mass is 35.5. The van der Waals surface area contributed by atoms with Crippen molar-refractivity contribution in [2.75, 3.05) is 0 Å². The predicted octanol–water partition coefficient (Wildman–Crippen LogP) is 9.52. The largest absolute Gasteiger partial charge is 0.417 e. The molecule has 2 amide bonds. The van der Waals surface area contributed by atoms with Crippen LogP contribution in [0, 0.1) is 5.41 Å². The maximum absolute atomic E-state index is 14.3. The number of hydrogen-bond donors (Lipinski definition) is 2. The first-order valence-corrected chi connectivity index (χ1v) is 13.5. The quantitative estimate of drug-likeness (QED) is 0.211. The van der Waals surface area contributed by atoms with Crippen molar-refractivity contribution in [1.29, 1.82) is 0 Å². The molecule has 0 saturated heterocycles. The molecule has 0 aliphatic heterocycles. The van der Waals surface area contributed by atoms with E-state index in [0.29, 0.717) is 18.9 Å². The fourth-order valence-electron chi connectivity index (χ4n) is 4.29. The summed E-state index contributed by atoms with van der Waals surface area (Å²) in [4.78, 5) is 24.5. The van der Waals surface area contributed by atoms with Crippen LogP contribution in [0.15, 0.2) is 30.3 Å². The molecule has 0 bridgehead atoms. The Bertz CT molecular complexity index is 1290. The smallest absolute Gasteiger partial charge is 0.366 e. The number of rotatable bonds is 9. The van der Waals surface area contributed by atoms with E-state index in [1.165, 1.54) is 6.92 Å². The van der Waals surface area contributed by atoms with Gasteiger partial charge in [-0.05, 0) is 60.1 Å². The minimum absolute atomic E-state index is 0.0118. The van der Waals surface area contributed by atoms with Gasteiger partial charge in [-0.2, -0.15) is 26.3 Å². The Labute approximate surface area is 249 Å². The maximum Gasteiger partial charge on any atom is 0.417 e. The molecule has 0 aliphatic carbocycles. The van der Waals surface area contributed by atoms with Crippen molar-refractivity contribution in [3.05, 3.63) is 73.2 Å². The van der Waals surface area contributed by atoms with Gasteiger partial charge in [0.25, 0.3) is 0 Å². The summed E-state index contributed by atoms with van der Waals surface area (Å²) >= 11 is 17.7. The number of nitrogens with two attached hydrogens (primary N) is 1. The summed E-state index contributed by atoms with van der Waals surface area (Å²) in [6.45, 7) is 7.15. The van der Waals surface area contributed by atoms with Gasteiger partial charge in [-0.15, -0.1) is 0 Å². The Morgan fingerprint density at radius 3 is 2.02 bits per heavy atom. The molecule has 2 atom stereocenters. The van der Waals surface area contributed by atoms with Gasteiger partial charge in [-0.3, -0.25) is 9.59 Å². The van der Waals surface area contributed by atoms with Crippen LogP contribution in [-0.2, 0) is 11.0 Å². The highest BCUT2D eigenvalue weighted by Crippen LogP contribution is 2.43. The minimum Gasteiger partial charge on any atom is -0.366 e. The molecule has 0 saturated carbocycles. The molecule has 0 spiro atoms. The lowest BCUT2D eigenvalue weighted by atomic mass is 9.88. The molecule has 226 valence electrons. The Morgan fingerprint density at radius 1 is 1.00 bits per heavy atom. The van der Waals surface area contributed by atoms with Crippen LogP contribution in [0.25, 0.3) is 6.08 Å². The van der Waals surface area contributed by atoms with Gasteiger partial charge in [0.2, 0.25) is 11.8 Å². The van der Waals surface area contributed by atoms with E-state index in [-0.39, 0.29) is 32.5 Å². The number of allylic oxidation sites excluding steroid dienone is 1. The lowest BCUT2D eigenvalue weighted by Gasteiger charge is -2.25. The van der Waals surface area contributed by atoms with E-state index >= 15 is 0 Å². The second-order valence-corrected chi connectivity index (χ2v) is 11.9. The van der Waals surface area contributed by atoms with Crippen molar-refractivity contribution < 1.29 is 35.9 Å². The van der Waals surface area contributed by atoms with Gasteiger partial charge < -0.3 is 11.1 Å². The standard InChI is InChI=1S/C28H29Cl3F6N2O2/c1-14(39-21(40)6-5-11-26(2,3)4)22-15(7-9-17(25(38)41)23(22)28(35,36)37)8-10-18(27(32,33)34)16-12-19(29)24(31)20(30)13-16/h7-10,12-14,18H,5-6,11H2,1-4H3,(H2,38,41)(H,39,40)/b10-8+/t14-,18?/m1/s1. The van der Waals surface area contributed by atoms with Crippen molar-refractivity contribution in [3.63, 3.8) is 0 Å². The molecule has 0 fully saturated rings. The van der Waals surface area contributed by atoms with Crippen LogP contribution in [0.3, 0.4) is 0 Å². The Morgan fingerprint density at radius 2 is 1.56 bits per heavy atom. The molecular weight excluding hydrogens is 617 g/mol. The molecule has 1 unspecified atom stereocenters. The summed E-state index contributed by atoms with van der Waals surface area (Å²) in [5.74, 6) is -4.29. The van der Waals surface area contributed by atoms with Crippen LogP contribution in [0.2, 0.25) is 15.1 Å². The fraction of sp³-hybridized carbons (Fsp3) is 0.429. The maximum atomic E-state index is 14.3. The van der Waals surface area contributed by atoms with Gasteiger partial charge in [-0.1, -0.05) is 73.8 Å². The summed E-state index contributed by atoms with van der Waals surface area (Å²) in [6, 6.07) is 2.38. The fourth-order valence-corrected chi connectivity index (χ4v) is 4.90. The molecule has 13 heteroatoms. The van der Waals surface area contributed by atoms with E-state index in [1.807, 2.05) is 20.8 Å². The number of carbonyl (C=O) groups excluding carboxylic acids is 2. The van der Waals surface area contributed by atoms with Crippen molar-refractivity contribution in [3.8, 4) is 0 Å². The number of carbonyl (C=O) groups is 2. The average Bonchev–Trinajstić information content (AvgIpc) is 2.79. The van der Waals surface area contributed by atoms with E-state index in [1.54, 1.807) is 0 Å². The number of primary amides is 1. The van der Waals surface area contributed by atoms with Crippen LogP contribution in [0.1, 0.15) is 91.5 Å². The SMILES string of the molecule is C[C@@H](NC(=O)CCCC(C)(C)C)c1c(/C=C/C(c2cc(Cl)c(Cl)c(Cl)c2)C(F)(F)F)ccc(C(N)=O)c1C(F)(F)F. The first-order chi connectivity index (χ1) is 18.6. The lowest BCUT2D eigenvalue weighted by Crippen LogP contribution is -2.30. The van der Waals surface area contributed by atoms with E-state index in [9.17, 15) is 35.9 Å². The number of amides is 2. The second kappa shape index (κ2) is 13.3. The highest BCUT2D eigenvalue weighted by molar-refractivity contribution is 6.48. The molecule has 3 N–H and O–H groups in total. The van der Waals surface area contributed by atoms with Crippen molar-refractivity contribution in [1.82, 2.24) is 5.32 Å². The van der Waals surface area contributed by atoms with Gasteiger partial charge in [0, 0.05) is 6.42 Å². The minimum atomic E-state index is -5.13. The monoisotopic (exact) mass is 644 g/mol. The molecule has 2 aromatic carbocycles. The van der Waals surface area contributed by atoms with Crippen LogP contribution in [0.5, 0.6) is 0 Å². The zero-order valence-corrected chi connectivity index (χ0v) is 24.8. The van der Waals surface area contributed by atoms with Crippen molar-refractivity contribution in [2.24, 2.45) is 11.1 Å². The van der Waals surface area contributed by atoms with Crippen LogP contribution in [-0.4, -0.2) is 18.0 Å². The van der Waals surface area contributed by atoms with Crippen molar-refractivity contribution >= 4 is 52.7 Å². The van der Waals surface area contributed by atoms with Crippen LogP contribution in [0.4, 0.5) is 26.3 Å². The topological polar surface area (TPSA) is 72.2 Å². The zero-order chi connectivity index (χ0) is 31.5. The molecule has 0 heterocycles. The number of nitrogens with one attached hydrogen (secondary N) is 1. The molecule has 4 nitrogen and oxygen atoms in total. The molecule has 41 heavy (non-hydrogen) atoms. The Balaban J connectivity index is 2.65. The Hall–Kier alpha value is -2.43. The van der Waals surface area contributed by atoms with Gasteiger partial charge in [0.05, 0.1) is 38.2 Å². The predicted molar refractivity (Wildman–Crippen MR) is 149 cm³/mol. The van der Waals surface area contributed by atoms with Crippen LogP contribution < -0.4 is 11.1 Å². The van der Waals surface area contributed by atoms with E-state index in [0.717, 1.165) is 30.3 Å². The average molecular weight is 646 g/mol. The molecule has 2 rings (SSSR count). The number of hydrogen-bond acceptors (Lipinski definition) is 2.